The number of methoxy groups -OCH3 is 1. The summed E-state index contributed by atoms with van der Waals surface area (Å²) in [6.45, 7) is 0. The summed E-state index contributed by atoms with van der Waals surface area (Å²) >= 11 is 6.09. The Morgan fingerprint density at radius 2 is 1.88 bits per heavy atom. The summed E-state index contributed by atoms with van der Waals surface area (Å²) in [5.74, 6) is 1.06. The Hall–Kier alpha value is -2.00. The second-order valence-electron chi connectivity index (χ2n) is 7.14. The zero-order valence-electron chi connectivity index (χ0n) is 14.3. The molecule has 3 nitrogen and oxygen atoms in total. The highest BCUT2D eigenvalue weighted by Crippen LogP contribution is 2.72. The van der Waals surface area contributed by atoms with Crippen molar-refractivity contribution in [3.05, 3.63) is 59.1 Å². The molecular weight excluding hydrogens is 334 g/mol. The molecule has 0 bridgehead atoms. The first kappa shape index (κ1) is 16.5. The molecule has 1 N–H and O–H groups in total. The van der Waals surface area contributed by atoms with Crippen LogP contribution in [0, 0.1) is 11.3 Å². The number of carbonyl (C=O) groups excluding carboxylic acids is 1. The number of amides is 1. The number of rotatable bonds is 4. The van der Waals surface area contributed by atoms with E-state index in [0.29, 0.717) is 22.4 Å². The van der Waals surface area contributed by atoms with Gasteiger partial charge in [0.15, 0.2) is 0 Å². The molecule has 4 heteroatoms. The van der Waals surface area contributed by atoms with Gasteiger partial charge in [0, 0.05) is 10.9 Å². The maximum atomic E-state index is 13.1. The number of halogens is 1. The van der Waals surface area contributed by atoms with E-state index in [-0.39, 0.29) is 17.2 Å². The van der Waals surface area contributed by atoms with Crippen LogP contribution in [0.1, 0.15) is 37.2 Å². The first-order valence-corrected chi connectivity index (χ1v) is 9.23. The molecule has 0 aromatic heterocycles. The van der Waals surface area contributed by atoms with Crippen molar-refractivity contribution in [1.82, 2.24) is 0 Å². The Balaban J connectivity index is 1.60. The molecule has 1 amide bonds. The van der Waals surface area contributed by atoms with Gasteiger partial charge >= 0.3 is 0 Å². The van der Waals surface area contributed by atoms with Gasteiger partial charge in [-0.25, -0.2) is 0 Å². The Bertz CT molecular complexity index is 784. The molecule has 1 spiro atoms. The summed E-state index contributed by atoms with van der Waals surface area (Å²) in [5.41, 5.74) is 2.06. The van der Waals surface area contributed by atoms with Gasteiger partial charge in [-0.05, 0) is 42.0 Å². The molecule has 25 heavy (non-hydrogen) atoms. The van der Waals surface area contributed by atoms with Gasteiger partial charge in [0.05, 0.1) is 18.7 Å². The van der Waals surface area contributed by atoms with Gasteiger partial charge < -0.3 is 10.1 Å². The van der Waals surface area contributed by atoms with E-state index in [1.165, 1.54) is 18.4 Å². The van der Waals surface area contributed by atoms with Crippen molar-refractivity contribution in [3.63, 3.8) is 0 Å². The van der Waals surface area contributed by atoms with Crippen molar-refractivity contribution < 1.29 is 9.53 Å². The predicted molar refractivity (Wildman–Crippen MR) is 100 cm³/mol. The summed E-state index contributed by atoms with van der Waals surface area (Å²) in [5, 5.41) is 3.65. The van der Waals surface area contributed by atoms with E-state index in [2.05, 4.69) is 29.6 Å². The number of anilines is 1. The molecule has 2 aliphatic rings. The lowest BCUT2D eigenvalue weighted by atomic mass is 9.97. The summed E-state index contributed by atoms with van der Waals surface area (Å²) in [6, 6.07) is 15.7. The van der Waals surface area contributed by atoms with E-state index >= 15 is 0 Å². The van der Waals surface area contributed by atoms with Crippen LogP contribution >= 0.6 is 11.6 Å². The third-order valence-electron chi connectivity index (χ3n) is 5.86. The first-order valence-electron chi connectivity index (χ1n) is 8.85. The molecule has 2 aromatic rings. The fraction of sp³-hybridized carbons (Fsp3) is 0.381. The second-order valence-corrected chi connectivity index (χ2v) is 7.58. The molecule has 0 heterocycles. The minimum Gasteiger partial charge on any atom is -0.495 e. The molecule has 0 radical (unpaired) electrons. The van der Waals surface area contributed by atoms with Gasteiger partial charge in [-0.15, -0.1) is 0 Å². The van der Waals surface area contributed by atoms with Gasteiger partial charge in [0.25, 0.3) is 0 Å². The van der Waals surface area contributed by atoms with Crippen LogP contribution in [-0.4, -0.2) is 13.0 Å². The van der Waals surface area contributed by atoms with Crippen molar-refractivity contribution in [2.24, 2.45) is 11.3 Å². The van der Waals surface area contributed by atoms with Crippen LogP contribution in [0.25, 0.3) is 0 Å². The zero-order valence-corrected chi connectivity index (χ0v) is 15.1. The summed E-state index contributed by atoms with van der Waals surface area (Å²) in [6.07, 6.45) is 4.70. The fourth-order valence-corrected chi connectivity index (χ4v) is 4.90. The van der Waals surface area contributed by atoms with E-state index < -0.39 is 0 Å². The van der Waals surface area contributed by atoms with Crippen LogP contribution in [0.4, 0.5) is 5.69 Å². The number of nitrogens with one attached hydrogen (secondary N) is 1. The maximum absolute atomic E-state index is 13.1. The van der Waals surface area contributed by atoms with Crippen molar-refractivity contribution in [2.45, 2.75) is 31.6 Å². The number of carbonyl (C=O) groups is 1. The Morgan fingerprint density at radius 3 is 2.56 bits per heavy atom. The SMILES string of the molecule is COc1ccc(Cl)cc1NC(=O)[C@H]1[C@H](c2ccccc2)C12CCCC2. The highest BCUT2D eigenvalue weighted by molar-refractivity contribution is 6.31. The van der Waals surface area contributed by atoms with E-state index in [0.717, 1.165) is 12.8 Å². The van der Waals surface area contributed by atoms with Crippen LogP contribution in [-0.2, 0) is 4.79 Å². The lowest BCUT2D eigenvalue weighted by Crippen LogP contribution is -2.18. The van der Waals surface area contributed by atoms with Crippen molar-refractivity contribution in [1.29, 1.82) is 0 Å². The smallest absolute Gasteiger partial charge is 0.228 e. The standard InChI is InChI=1S/C21H22ClNO2/c1-25-17-10-9-15(22)13-16(17)23-20(24)19-18(14-7-3-2-4-8-14)21(19)11-5-6-12-21/h2-4,7-10,13,18-19H,5-6,11-12H2,1H3,(H,23,24)/t18-,19+/m0/s1. The predicted octanol–water partition coefficient (Wildman–Crippen LogP) is 5.26. The van der Waals surface area contributed by atoms with E-state index in [1.807, 2.05) is 6.07 Å². The molecule has 0 saturated heterocycles. The van der Waals surface area contributed by atoms with Gasteiger partial charge in [-0.2, -0.15) is 0 Å². The zero-order chi connectivity index (χ0) is 17.4. The topological polar surface area (TPSA) is 38.3 Å². The van der Waals surface area contributed by atoms with Crippen LogP contribution in [0.2, 0.25) is 5.02 Å². The molecule has 2 saturated carbocycles. The van der Waals surface area contributed by atoms with Crippen molar-refractivity contribution >= 4 is 23.2 Å². The summed E-state index contributed by atoms with van der Waals surface area (Å²) in [4.78, 5) is 13.1. The van der Waals surface area contributed by atoms with Crippen LogP contribution in [0.3, 0.4) is 0 Å². The second kappa shape index (κ2) is 6.38. The number of ether oxygens (including phenoxy) is 1. The largest absolute Gasteiger partial charge is 0.495 e. The Kier molecular flexibility index (Phi) is 4.20. The quantitative estimate of drug-likeness (QED) is 0.812. The van der Waals surface area contributed by atoms with Gasteiger partial charge in [0.2, 0.25) is 5.91 Å². The molecule has 2 aliphatic carbocycles. The van der Waals surface area contributed by atoms with Gasteiger partial charge in [0.1, 0.15) is 5.75 Å². The van der Waals surface area contributed by atoms with E-state index in [4.69, 9.17) is 16.3 Å². The van der Waals surface area contributed by atoms with Crippen LogP contribution < -0.4 is 10.1 Å². The minimum atomic E-state index is 0.0288. The third-order valence-corrected chi connectivity index (χ3v) is 6.09. The lowest BCUT2D eigenvalue weighted by molar-refractivity contribution is -0.118. The summed E-state index contributed by atoms with van der Waals surface area (Å²) < 4.78 is 5.36. The highest BCUT2D eigenvalue weighted by atomic mass is 35.5. The Morgan fingerprint density at radius 1 is 1.16 bits per heavy atom. The van der Waals surface area contributed by atoms with Gasteiger partial charge in [-0.3, -0.25) is 4.79 Å². The molecule has 0 unspecified atom stereocenters. The Labute approximate surface area is 153 Å². The molecule has 2 aromatic carbocycles. The van der Waals surface area contributed by atoms with Crippen LogP contribution in [0.15, 0.2) is 48.5 Å². The molecule has 130 valence electrons. The molecule has 0 aliphatic heterocycles. The van der Waals surface area contributed by atoms with E-state index in [9.17, 15) is 4.79 Å². The maximum Gasteiger partial charge on any atom is 0.228 e. The monoisotopic (exact) mass is 355 g/mol. The van der Waals surface area contributed by atoms with Crippen molar-refractivity contribution in [2.75, 3.05) is 12.4 Å². The average molecular weight is 356 g/mol. The lowest BCUT2D eigenvalue weighted by Gasteiger charge is -2.12. The molecule has 4 rings (SSSR count). The van der Waals surface area contributed by atoms with E-state index in [1.54, 1.807) is 25.3 Å². The molecule has 2 atom stereocenters. The highest BCUT2D eigenvalue weighted by Gasteiger charge is 2.68. The first-order chi connectivity index (χ1) is 12.2. The number of hydrogen-bond acceptors (Lipinski definition) is 2. The van der Waals surface area contributed by atoms with Gasteiger partial charge in [-0.1, -0.05) is 54.8 Å². The normalized spacial score (nSPS) is 23.4. The minimum absolute atomic E-state index is 0.0288. The number of hydrogen-bond donors (Lipinski definition) is 1. The fourth-order valence-electron chi connectivity index (χ4n) is 4.73. The molecular formula is C21H22ClNO2. The van der Waals surface area contributed by atoms with Crippen LogP contribution in [0.5, 0.6) is 5.75 Å². The average Bonchev–Trinajstić information content (AvgIpc) is 3.00. The molecule has 2 fully saturated rings. The third kappa shape index (κ3) is 2.81. The number of benzene rings is 2. The summed E-state index contributed by atoms with van der Waals surface area (Å²) in [7, 11) is 1.60. The van der Waals surface area contributed by atoms with Crippen molar-refractivity contribution in [3.8, 4) is 5.75 Å².